The summed E-state index contributed by atoms with van der Waals surface area (Å²) < 4.78 is 13.3. The highest BCUT2D eigenvalue weighted by molar-refractivity contribution is 5.94. The molecule has 0 atom stereocenters. The van der Waals surface area contributed by atoms with Crippen molar-refractivity contribution >= 4 is 16.9 Å². The third kappa shape index (κ3) is 4.75. The lowest BCUT2D eigenvalue weighted by molar-refractivity contribution is 0.0949. The van der Waals surface area contributed by atoms with E-state index in [0.29, 0.717) is 31.0 Å². The molecule has 6 nitrogen and oxygen atoms in total. The van der Waals surface area contributed by atoms with E-state index >= 15 is 0 Å². The second-order valence-corrected chi connectivity index (χ2v) is 7.68. The van der Waals surface area contributed by atoms with Crippen LogP contribution in [0.3, 0.4) is 0 Å². The van der Waals surface area contributed by atoms with E-state index in [1.165, 1.54) is 11.1 Å². The monoisotopic (exact) mass is 429 g/mol. The molecule has 0 fully saturated rings. The lowest BCUT2D eigenvalue weighted by Crippen LogP contribution is -2.25. The topological polar surface area (TPSA) is 65.4 Å². The molecular weight excluding hydrogens is 402 g/mol. The number of methoxy groups -OCH3 is 1. The number of nitrogens with zero attached hydrogens (tertiary/aromatic N) is 2. The molecule has 4 aromatic rings. The van der Waals surface area contributed by atoms with Gasteiger partial charge in [0.25, 0.3) is 5.91 Å². The van der Waals surface area contributed by atoms with Gasteiger partial charge in [-0.15, -0.1) is 0 Å². The maximum absolute atomic E-state index is 12.6. The molecule has 0 bridgehead atoms. The largest absolute Gasteiger partial charge is 0.497 e. The Morgan fingerprint density at radius 1 is 0.969 bits per heavy atom. The Bertz CT molecular complexity index is 1250. The number of nitrogens with one attached hydrogen (secondary N) is 1. The molecule has 164 valence electrons. The predicted molar refractivity (Wildman–Crippen MR) is 125 cm³/mol. The maximum atomic E-state index is 12.6. The Hall–Kier alpha value is -3.80. The normalized spacial score (nSPS) is 10.8. The van der Waals surface area contributed by atoms with Gasteiger partial charge in [-0.25, -0.2) is 4.98 Å². The number of amides is 1. The van der Waals surface area contributed by atoms with E-state index in [1.54, 1.807) is 25.3 Å². The number of hydrogen-bond acceptors (Lipinski definition) is 4. The predicted octanol–water partition coefficient (Wildman–Crippen LogP) is 4.67. The van der Waals surface area contributed by atoms with Crippen molar-refractivity contribution in [2.45, 2.75) is 26.9 Å². The van der Waals surface area contributed by atoms with E-state index in [9.17, 15) is 4.79 Å². The van der Waals surface area contributed by atoms with Gasteiger partial charge in [0.2, 0.25) is 0 Å². The SMILES string of the molecule is COc1cccc(C(=O)NCc2nc3ccccc3n2CCOc2ccc(C)c(C)c2)c1. The molecule has 0 spiro atoms. The zero-order valence-corrected chi connectivity index (χ0v) is 18.6. The average molecular weight is 430 g/mol. The molecule has 0 saturated heterocycles. The number of hydrogen-bond donors (Lipinski definition) is 1. The summed E-state index contributed by atoms with van der Waals surface area (Å²) in [5.74, 6) is 2.11. The van der Waals surface area contributed by atoms with E-state index in [2.05, 4.69) is 35.9 Å². The first-order valence-electron chi connectivity index (χ1n) is 10.6. The molecule has 6 heteroatoms. The first-order valence-corrected chi connectivity index (χ1v) is 10.6. The van der Waals surface area contributed by atoms with E-state index < -0.39 is 0 Å². The van der Waals surface area contributed by atoms with Crippen LogP contribution in [0.2, 0.25) is 0 Å². The summed E-state index contributed by atoms with van der Waals surface area (Å²) in [4.78, 5) is 17.4. The van der Waals surface area contributed by atoms with Crippen LogP contribution in [-0.4, -0.2) is 29.2 Å². The zero-order valence-electron chi connectivity index (χ0n) is 18.6. The van der Waals surface area contributed by atoms with E-state index in [0.717, 1.165) is 22.6 Å². The molecule has 0 aliphatic rings. The molecule has 1 N–H and O–H groups in total. The Kier molecular flexibility index (Phi) is 6.40. The second kappa shape index (κ2) is 9.56. The van der Waals surface area contributed by atoms with Gasteiger partial charge in [-0.1, -0.05) is 24.3 Å². The van der Waals surface area contributed by atoms with Crippen LogP contribution in [0, 0.1) is 13.8 Å². The van der Waals surface area contributed by atoms with Crippen molar-refractivity contribution in [1.29, 1.82) is 0 Å². The highest BCUT2D eigenvalue weighted by Gasteiger charge is 2.13. The first kappa shape index (κ1) is 21.4. The molecule has 1 aromatic heterocycles. The molecule has 0 saturated carbocycles. The number of fused-ring (bicyclic) bond motifs is 1. The van der Waals surface area contributed by atoms with E-state index in [-0.39, 0.29) is 5.91 Å². The Labute approximate surface area is 187 Å². The quantitative estimate of drug-likeness (QED) is 0.442. The zero-order chi connectivity index (χ0) is 22.5. The van der Waals surface area contributed by atoms with Crippen LogP contribution in [0.1, 0.15) is 27.3 Å². The van der Waals surface area contributed by atoms with Crippen LogP contribution >= 0.6 is 0 Å². The van der Waals surface area contributed by atoms with Gasteiger partial charge in [0, 0.05) is 5.56 Å². The fraction of sp³-hybridized carbons (Fsp3) is 0.231. The van der Waals surface area contributed by atoms with E-state index in [1.807, 2.05) is 36.4 Å². The highest BCUT2D eigenvalue weighted by Crippen LogP contribution is 2.19. The van der Waals surface area contributed by atoms with Crippen molar-refractivity contribution in [2.75, 3.05) is 13.7 Å². The lowest BCUT2D eigenvalue weighted by atomic mass is 10.1. The molecule has 0 aliphatic heterocycles. The standard InChI is InChI=1S/C26H27N3O3/c1-18-11-12-22(15-19(18)2)32-14-13-29-24-10-5-4-9-23(24)28-25(29)17-27-26(30)20-7-6-8-21(16-20)31-3/h4-12,15-16H,13-14,17H2,1-3H3,(H,27,30). The van der Waals surface area contributed by atoms with Gasteiger partial charge in [0.05, 0.1) is 31.2 Å². The number of rotatable bonds is 8. The number of para-hydroxylation sites is 2. The summed E-state index contributed by atoms with van der Waals surface area (Å²) in [6.07, 6.45) is 0. The first-order chi connectivity index (χ1) is 15.5. The molecular formula is C26H27N3O3. The molecule has 1 amide bonds. The lowest BCUT2D eigenvalue weighted by Gasteiger charge is -2.12. The Morgan fingerprint density at radius 3 is 2.62 bits per heavy atom. The van der Waals surface area contributed by atoms with Gasteiger partial charge < -0.3 is 19.4 Å². The fourth-order valence-electron chi connectivity index (χ4n) is 3.59. The summed E-state index contributed by atoms with van der Waals surface area (Å²) in [6.45, 7) is 5.60. The number of benzene rings is 3. The van der Waals surface area contributed by atoms with Crippen molar-refractivity contribution in [3.63, 3.8) is 0 Å². The summed E-state index contributed by atoms with van der Waals surface area (Å²) in [5.41, 5.74) is 4.90. The molecule has 4 rings (SSSR count). The van der Waals surface area contributed by atoms with Crippen LogP contribution in [0.5, 0.6) is 11.5 Å². The average Bonchev–Trinajstić information content (AvgIpc) is 3.17. The Balaban J connectivity index is 1.48. The summed E-state index contributed by atoms with van der Waals surface area (Å²) in [7, 11) is 1.58. The molecule has 32 heavy (non-hydrogen) atoms. The number of aromatic nitrogens is 2. The fourth-order valence-corrected chi connectivity index (χ4v) is 3.59. The van der Waals surface area contributed by atoms with Gasteiger partial charge >= 0.3 is 0 Å². The van der Waals surface area contributed by atoms with Crippen molar-refractivity contribution < 1.29 is 14.3 Å². The minimum absolute atomic E-state index is 0.172. The third-order valence-corrected chi connectivity index (χ3v) is 5.53. The second-order valence-electron chi connectivity index (χ2n) is 7.68. The maximum Gasteiger partial charge on any atom is 0.251 e. The number of carbonyl (C=O) groups excluding carboxylic acids is 1. The summed E-state index contributed by atoms with van der Waals surface area (Å²) >= 11 is 0. The van der Waals surface area contributed by atoms with Crippen LogP contribution in [0.4, 0.5) is 0 Å². The Morgan fingerprint density at radius 2 is 1.81 bits per heavy atom. The van der Waals surface area contributed by atoms with Crippen molar-refractivity contribution in [1.82, 2.24) is 14.9 Å². The van der Waals surface area contributed by atoms with Crippen LogP contribution in [0.25, 0.3) is 11.0 Å². The smallest absolute Gasteiger partial charge is 0.251 e. The molecule has 3 aromatic carbocycles. The number of aryl methyl sites for hydroxylation is 2. The molecule has 1 heterocycles. The van der Waals surface area contributed by atoms with Crippen molar-refractivity contribution in [3.8, 4) is 11.5 Å². The van der Waals surface area contributed by atoms with Crippen molar-refractivity contribution in [2.24, 2.45) is 0 Å². The minimum Gasteiger partial charge on any atom is -0.497 e. The van der Waals surface area contributed by atoms with Crippen LogP contribution < -0.4 is 14.8 Å². The van der Waals surface area contributed by atoms with E-state index in [4.69, 9.17) is 14.5 Å². The summed E-state index contributed by atoms with van der Waals surface area (Å²) in [5, 5.41) is 2.97. The number of ether oxygens (including phenoxy) is 2. The number of carbonyl (C=O) groups is 1. The number of imidazole rings is 1. The summed E-state index contributed by atoms with van der Waals surface area (Å²) in [6, 6.07) is 21.2. The van der Waals surface area contributed by atoms with Crippen LogP contribution in [0.15, 0.2) is 66.7 Å². The third-order valence-electron chi connectivity index (χ3n) is 5.53. The molecule has 0 unspecified atom stereocenters. The van der Waals surface area contributed by atoms with Gasteiger partial charge in [-0.3, -0.25) is 4.79 Å². The molecule has 0 radical (unpaired) electrons. The van der Waals surface area contributed by atoms with Gasteiger partial charge in [-0.2, -0.15) is 0 Å². The molecule has 0 aliphatic carbocycles. The van der Waals surface area contributed by atoms with Gasteiger partial charge in [-0.05, 0) is 67.4 Å². The van der Waals surface area contributed by atoms with Gasteiger partial charge in [0.15, 0.2) is 0 Å². The van der Waals surface area contributed by atoms with Crippen molar-refractivity contribution in [3.05, 3.63) is 89.2 Å². The van der Waals surface area contributed by atoms with Gasteiger partial charge in [0.1, 0.15) is 23.9 Å². The van der Waals surface area contributed by atoms with Crippen LogP contribution in [-0.2, 0) is 13.1 Å². The minimum atomic E-state index is -0.172. The highest BCUT2D eigenvalue weighted by atomic mass is 16.5.